The Kier molecular flexibility index (Phi) is 12.2. The van der Waals surface area contributed by atoms with Gasteiger partial charge in [-0.05, 0) is 48.9 Å². The van der Waals surface area contributed by atoms with Crippen molar-refractivity contribution < 1.29 is 37.5 Å². The maximum absolute atomic E-state index is 14.6. The smallest absolute Gasteiger partial charge is 0.359 e. The van der Waals surface area contributed by atoms with Crippen LogP contribution in [0.1, 0.15) is 69.6 Å². The van der Waals surface area contributed by atoms with Crippen LogP contribution in [0.4, 0.5) is 0 Å². The predicted octanol–water partition coefficient (Wildman–Crippen LogP) is 6.93. The molecule has 2 atom stereocenters. The second kappa shape index (κ2) is 16.7. The second-order valence-electron chi connectivity index (χ2n) is 11.7. The molecule has 0 radical (unpaired) electrons. The van der Waals surface area contributed by atoms with E-state index in [0.717, 1.165) is 24.0 Å². The van der Waals surface area contributed by atoms with Crippen LogP contribution in [0.2, 0.25) is 0 Å². The first-order chi connectivity index (χ1) is 23.4. The SMILES string of the molecule is CCCCOP(=O)(OCCCC)C1=C(C(=O)OC(c2ccccc2)c2ccccc2)N2C(=O)C(NC(=O)COc3ccccc3)C2CC1. The van der Waals surface area contributed by atoms with Gasteiger partial charge in [0, 0.05) is 0 Å². The number of nitrogens with one attached hydrogen (secondary N) is 1. The molecule has 0 aromatic heterocycles. The molecule has 0 bridgehead atoms. The number of benzene rings is 3. The topological polar surface area (TPSA) is 120 Å². The highest BCUT2D eigenvalue weighted by Crippen LogP contribution is 2.62. The largest absolute Gasteiger partial charge is 0.484 e. The Morgan fingerprint density at radius 2 is 1.40 bits per heavy atom. The molecule has 1 saturated heterocycles. The van der Waals surface area contributed by atoms with Crippen molar-refractivity contribution in [2.45, 2.75) is 70.6 Å². The normalized spacial score (nSPS) is 17.5. The molecule has 2 heterocycles. The van der Waals surface area contributed by atoms with Crippen LogP contribution in [0.5, 0.6) is 5.75 Å². The van der Waals surface area contributed by atoms with E-state index in [9.17, 15) is 18.9 Å². The molecule has 5 rings (SSSR count). The van der Waals surface area contributed by atoms with Gasteiger partial charge in [-0.3, -0.25) is 19.1 Å². The summed E-state index contributed by atoms with van der Waals surface area (Å²) in [7, 11) is -4.02. The Bertz CT molecular complexity index is 1560. The fraction of sp³-hybridized carbons (Fsp3) is 0.378. The first kappa shape index (κ1) is 35.1. The lowest BCUT2D eigenvalue weighted by atomic mass is 9.86. The molecule has 2 amide bonds. The molecule has 2 aliphatic heterocycles. The fourth-order valence-electron chi connectivity index (χ4n) is 5.78. The summed E-state index contributed by atoms with van der Waals surface area (Å²) in [6.07, 6.45) is 2.58. The number of unbranched alkanes of at least 4 members (excludes halogenated alkanes) is 2. The number of amides is 2. The summed E-state index contributed by atoms with van der Waals surface area (Å²) in [6.45, 7) is 4.04. The maximum atomic E-state index is 14.6. The highest BCUT2D eigenvalue weighted by Gasteiger charge is 2.56. The number of allylic oxidation sites excluding steroid dienone is 1. The Labute approximate surface area is 281 Å². The van der Waals surface area contributed by atoms with Gasteiger partial charge in [-0.15, -0.1) is 0 Å². The van der Waals surface area contributed by atoms with Crippen molar-refractivity contribution in [2.24, 2.45) is 0 Å². The summed E-state index contributed by atoms with van der Waals surface area (Å²) in [5.41, 5.74) is 1.31. The fourth-order valence-corrected chi connectivity index (χ4v) is 7.76. The van der Waals surface area contributed by atoms with Gasteiger partial charge in [-0.1, -0.05) is 106 Å². The number of hydrogen-bond donors (Lipinski definition) is 1. The van der Waals surface area contributed by atoms with Gasteiger partial charge in [0.15, 0.2) is 12.7 Å². The van der Waals surface area contributed by atoms with Crippen LogP contribution in [-0.2, 0) is 32.7 Å². The average molecular weight is 675 g/mol. The summed E-state index contributed by atoms with van der Waals surface area (Å²) in [6, 6.07) is 26.0. The summed E-state index contributed by atoms with van der Waals surface area (Å²) >= 11 is 0. The van der Waals surface area contributed by atoms with Gasteiger partial charge in [0.05, 0.1) is 24.6 Å². The highest BCUT2D eigenvalue weighted by atomic mass is 31.2. The van der Waals surface area contributed by atoms with Crippen molar-refractivity contribution in [3.8, 4) is 5.75 Å². The number of β-lactam (4-membered cyclic amide) rings is 1. The van der Waals surface area contributed by atoms with Crippen molar-refractivity contribution in [1.82, 2.24) is 10.2 Å². The molecule has 1 N–H and O–H groups in total. The van der Waals surface area contributed by atoms with E-state index < -0.39 is 43.6 Å². The number of rotatable bonds is 17. The number of carbonyl (C=O) groups is 3. The molecular formula is C37H43N2O8P. The minimum Gasteiger partial charge on any atom is -0.484 e. The molecule has 1 fully saturated rings. The summed E-state index contributed by atoms with van der Waals surface area (Å²) in [5, 5.41) is 2.89. The van der Waals surface area contributed by atoms with Crippen LogP contribution in [0.3, 0.4) is 0 Å². The van der Waals surface area contributed by atoms with Crippen LogP contribution in [-0.4, -0.2) is 54.6 Å². The molecule has 0 aliphatic carbocycles. The number of para-hydroxylation sites is 1. The molecule has 254 valence electrons. The van der Waals surface area contributed by atoms with Crippen LogP contribution in [0.25, 0.3) is 0 Å². The summed E-state index contributed by atoms with van der Waals surface area (Å²) < 4.78 is 38.3. The van der Waals surface area contributed by atoms with Gasteiger partial charge in [-0.2, -0.15) is 0 Å². The molecule has 2 unspecified atom stereocenters. The Morgan fingerprint density at radius 1 is 0.854 bits per heavy atom. The minimum absolute atomic E-state index is 0.126. The van der Waals surface area contributed by atoms with E-state index in [2.05, 4.69) is 5.32 Å². The van der Waals surface area contributed by atoms with Gasteiger partial charge in [0.25, 0.3) is 11.8 Å². The first-order valence-corrected chi connectivity index (χ1v) is 18.1. The van der Waals surface area contributed by atoms with Crippen molar-refractivity contribution in [2.75, 3.05) is 19.8 Å². The molecule has 48 heavy (non-hydrogen) atoms. The van der Waals surface area contributed by atoms with Crippen LogP contribution < -0.4 is 10.1 Å². The number of fused-ring (bicyclic) bond motifs is 1. The lowest BCUT2D eigenvalue weighted by Crippen LogP contribution is -2.72. The van der Waals surface area contributed by atoms with Crippen LogP contribution in [0.15, 0.2) is 102 Å². The predicted molar refractivity (Wildman–Crippen MR) is 181 cm³/mol. The molecule has 10 nitrogen and oxygen atoms in total. The van der Waals surface area contributed by atoms with E-state index in [1.807, 2.05) is 80.6 Å². The van der Waals surface area contributed by atoms with Gasteiger partial charge < -0.3 is 23.8 Å². The Morgan fingerprint density at radius 3 is 1.94 bits per heavy atom. The zero-order valence-corrected chi connectivity index (χ0v) is 28.3. The third kappa shape index (κ3) is 8.24. The molecule has 2 aliphatic rings. The highest BCUT2D eigenvalue weighted by molar-refractivity contribution is 7.58. The van der Waals surface area contributed by atoms with Crippen LogP contribution in [0, 0.1) is 0 Å². The van der Waals surface area contributed by atoms with E-state index in [-0.39, 0.29) is 37.3 Å². The van der Waals surface area contributed by atoms with Gasteiger partial charge in [-0.25, -0.2) is 4.79 Å². The third-order valence-corrected chi connectivity index (χ3v) is 10.5. The zero-order chi connectivity index (χ0) is 33.9. The van der Waals surface area contributed by atoms with Crippen LogP contribution >= 0.6 is 7.60 Å². The van der Waals surface area contributed by atoms with E-state index >= 15 is 0 Å². The second-order valence-corrected chi connectivity index (χ2v) is 13.8. The quantitative estimate of drug-likeness (QED) is 0.0709. The summed E-state index contributed by atoms with van der Waals surface area (Å²) in [5.74, 6) is -1.28. The molecule has 0 spiro atoms. The molecular weight excluding hydrogens is 631 g/mol. The van der Waals surface area contributed by atoms with Gasteiger partial charge in [0.1, 0.15) is 17.5 Å². The van der Waals surface area contributed by atoms with E-state index in [4.69, 9.17) is 18.5 Å². The maximum Gasteiger partial charge on any atom is 0.359 e. The number of carbonyl (C=O) groups excluding carboxylic acids is 3. The average Bonchev–Trinajstić information content (AvgIpc) is 3.12. The van der Waals surface area contributed by atoms with E-state index in [1.54, 1.807) is 24.3 Å². The standard InChI is InChI=1S/C37H43N2O8P/c1-3-5-24-45-48(43,46-25-6-4-2)31-23-22-30-33(38-32(40)26-44-29-20-14-9-15-21-29)36(41)39(30)34(31)37(42)47-35(27-16-10-7-11-17-27)28-18-12-8-13-19-28/h7-21,30,33,35H,3-6,22-26H2,1-2H3,(H,38,40). The van der Waals surface area contributed by atoms with Crippen molar-refractivity contribution in [3.05, 3.63) is 113 Å². The lowest BCUT2D eigenvalue weighted by Gasteiger charge is -2.50. The van der Waals surface area contributed by atoms with E-state index in [1.165, 1.54) is 4.90 Å². The van der Waals surface area contributed by atoms with Crippen molar-refractivity contribution in [1.29, 1.82) is 0 Å². The number of nitrogens with zero attached hydrogens (tertiary/aromatic N) is 1. The Balaban J connectivity index is 1.46. The monoisotopic (exact) mass is 674 g/mol. The molecule has 3 aromatic carbocycles. The number of hydrogen-bond acceptors (Lipinski definition) is 8. The third-order valence-electron chi connectivity index (χ3n) is 8.31. The number of ether oxygens (including phenoxy) is 2. The molecule has 11 heteroatoms. The van der Waals surface area contributed by atoms with Gasteiger partial charge in [0.2, 0.25) is 0 Å². The summed E-state index contributed by atoms with van der Waals surface area (Å²) in [4.78, 5) is 42.3. The lowest BCUT2D eigenvalue weighted by molar-refractivity contribution is -0.159. The van der Waals surface area contributed by atoms with Crippen molar-refractivity contribution in [3.63, 3.8) is 0 Å². The Hall–Kier alpha value is -4.24. The van der Waals surface area contributed by atoms with Crippen molar-refractivity contribution >= 4 is 25.4 Å². The molecule has 3 aromatic rings. The minimum atomic E-state index is -4.02. The first-order valence-electron chi connectivity index (χ1n) is 16.6. The molecule has 0 saturated carbocycles. The van der Waals surface area contributed by atoms with Gasteiger partial charge >= 0.3 is 13.6 Å². The number of esters is 1. The van der Waals surface area contributed by atoms with E-state index in [0.29, 0.717) is 25.0 Å². The zero-order valence-electron chi connectivity index (χ0n) is 27.4.